The molecule has 3 aliphatic rings. The second-order valence-corrected chi connectivity index (χ2v) is 9.39. The Morgan fingerprint density at radius 1 is 0.967 bits per heavy atom. The fourth-order valence-electron chi connectivity index (χ4n) is 5.89. The van der Waals surface area contributed by atoms with Gasteiger partial charge in [0.1, 0.15) is 5.82 Å². The Kier molecular flexibility index (Phi) is 5.60. The molecule has 1 unspecified atom stereocenters. The fourth-order valence-corrected chi connectivity index (χ4v) is 5.89. The molecule has 158 valence electrons. The maximum absolute atomic E-state index is 13.3. The maximum atomic E-state index is 13.3. The van der Waals surface area contributed by atoms with E-state index < -0.39 is 0 Å². The Bertz CT molecular complexity index is 866. The lowest BCUT2D eigenvalue weighted by molar-refractivity contribution is -0.123. The molecule has 0 bridgehead atoms. The molecular weight excluding hydrogens is 375 g/mol. The molecule has 0 radical (unpaired) electrons. The third kappa shape index (κ3) is 4.15. The number of hydrogen-bond acceptors (Lipinski definition) is 2. The van der Waals surface area contributed by atoms with E-state index in [0.29, 0.717) is 30.8 Å². The van der Waals surface area contributed by atoms with Crippen molar-refractivity contribution < 1.29 is 9.18 Å². The molecule has 4 heteroatoms. The van der Waals surface area contributed by atoms with Gasteiger partial charge in [-0.1, -0.05) is 42.5 Å². The van der Waals surface area contributed by atoms with Crippen molar-refractivity contribution in [1.29, 1.82) is 0 Å². The molecule has 30 heavy (non-hydrogen) atoms. The van der Waals surface area contributed by atoms with Crippen LogP contribution in [0.2, 0.25) is 0 Å². The smallest absolute Gasteiger partial charge is 0.223 e. The average molecular weight is 407 g/mol. The molecule has 1 saturated heterocycles. The molecule has 1 heterocycles. The van der Waals surface area contributed by atoms with E-state index >= 15 is 0 Å². The number of rotatable bonds is 6. The van der Waals surface area contributed by atoms with Crippen LogP contribution < -0.4 is 5.32 Å². The zero-order chi connectivity index (χ0) is 20.5. The van der Waals surface area contributed by atoms with Crippen LogP contribution >= 0.6 is 0 Å². The number of piperidine rings is 1. The van der Waals surface area contributed by atoms with Crippen molar-refractivity contribution in [3.05, 3.63) is 71.5 Å². The summed E-state index contributed by atoms with van der Waals surface area (Å²) in [7, 11) is 0. The highest BCUT2D eigenvalue weighted by Gasteiger charge is 2.59. The number of nitrogens with zero attached hydrogens (tertiary/aromatic N) is 1. The Morgan fingerprint density at radius 2 is 1.70 bits per heavy atom. The molecule has 1 N–H and O–H groups in total. The van der Waals surface area contributed by atoms with E-state index in [0.717, 1.165) is 24.6 Å². The summed E-state index contributed by atoms with van der Waals surface area (Å²) in [4.78, 5) is 15.2. The number of amides is 1. The van der Waals surface area contributed by atoms with Gasteiger partial charge in [-0.15, -0.1) is 0 Å². The van der Waals surface area contributed by atoms with Crippen LogP contribution in [0.4, 0.5) is 4.39 Å². The molecule has 2 aromatic rings. The van der Waals surface area contributed by atoms with Crippen molar-refractivity contribution in [2.45, 2.75) is 44.1 Å². The first-order valence-corrected chi connectivity index (χ1v) is 11.5. The van der Waals surface area contributed by atoms with Crippen LogP contribution in [0.1, 0.15) is 42.7 Å². The maximum Gasteiger partial charge on any atom is 0.223 e. The van der Waals surface area contributed by atoms with Gasteiger partial charge in [-0.3, -0.25) is 9.69 Å². The van der Waals surface area contributed by atoms with Crippen LogP contribution in [0.15, 0.2) is 54.6 Å². The highest BCUT2D eigenvalue weighted by Crippen LogP contribution is 2.53. The third-order valence-electron chi connectivity index (χ3n) is 7.61. The first-order chi connectivity index (χ1) is 14.7. The van der Waals surface area contributed by atoms with Crippen LogP contribution in [0.5, 0.6) is 0 Å². The summed E-state index contributed by atoms with van der Waals surface area (Å²) in [5.74, 6) is 2.00. The Labute approximate surface area is 178 Å². The molecule has 0 spiro atoms. The van der Waals surface area contributed by atoms with Crippen LogP contribution in [-0.2, 0) is 11.2 Å². The van der Waals surface area contributed by atoms with Crippen molar-refractivity contribution >= 4 is 5.91 Å². The second-order valence-electron chi connectivity index (χ2n) is 9.39. The molecule has 1 amide bonds. The molecule has 1 aliphatic heterocycles. The molecule has 2 aromatic carbocycles. The van der Waals surface area contributed by atoms with E-state index in [1.54, 1.807) is 12.1 Å². The van der Waals surface area contributed by atoms with Gasteiger partial charge in [-0.05, 0) is 73.1 Å². The number of carbonyl (C=O) groups is 1. The van der Waals surface area contributed by atoms with Gasteiger partial charge in [-0.25, -0.2) is 4.39 Å². The van der Waals surface area contributed by atoms with E-state index in [-0.39, 0.29) is 17.6 Å². The first-order valence-electron chi connectivity index (χ1n) is 11.5. The zero-order valence-corrected chi connectivity index (χ0v) is 17.5. The van der Waals surface area contributed by atoms with Gasteiger partial charge in [0.15, 0.2) is 0 Å². The summed E-state index contributed by atoms with van der Waals surface area (Å²) in [6, 6.07) is 18.3. The number of benzene rings is 2. The quantitative estimate of drug-likeness (QED) is 0.772. The largest absolute Gasteiger partial charge is 0.356 e. The lowest BCUT2D eigenvalue weighted by Crippen LogP contribution is -2.39. The zero-order valence-electron chi connectivity index (χ0n) is 17.5. The minimum absolute atomic E-state index is 0.203. The standard InChI is InChI=1S/C26H31FN2O/c27-21-8-4-5-18(15-21)13-14-28-26(30)25-23-16-29(17-24(23)25)22-11-9-20(10-12-22)19-6-2-1-3-7-19/h1-8,15,20,22-25H,9-14,16-17H2,(H,28,30)/t20?,22?,23-,24+,25?. The van der Waals surface area contributed by atoms with E-state index in [2.05, 4.69) is 40.5 Å². The number of carbonyl (C=O) groups excluding carboxylic acids is 1. The Balaban J connectivity index is 1.04. The minimum Gasteiger partial charge on any atom is -0.356 e. The van der Waals surface area contributed by atoms with Crippen molar-refractivity contribution in [2.75, 3.05) is 19.6 Å². The van der Waals surface area contributed by atoms with Gasteiger partial charge in [0.25, 0.3) is 0 Å². The van der Waals surface area contributed by atoms with E-state index in [9.17, 15) is 9.18 Å². The Hall–Kier alpha value is -2.20. The van der Waals surface area contributed by atoms with Gasteiger partial charge in [0.2, 0.25) is 5.91 Å². The highest BCUT2D eigenvalue weighted by atomic mass is 19.1. The number of hydrogen-bond donors (Lipinski definition) is 1. The summed E-state index contributed by atoms with van der Waals surface area (Å²) in [5, 5.41) is 3.08. The van der Waals surface area contributed by atoms with Gasteiger partial charge in [-0.2, -0.15) is 0 Å². The number of fused-ring (bicyclic) bond motifs is 1. The summed E-state index contributed by atoms with van der Waals surface area (Å²) < 4.78 is 13.3. The van der Waals surface area contributed by atoms with Crippen molar-refractivity contribution in [3.63, 3.8) is 0 Å². The molecule has 3 atom stereocenters. The van der Waals surface area contributed by atoms with E-state index in [4.69, 9.17) is 0 Å². The van der Waals surface area contributed by atoms with E-state index in [1.165, 1.54) is 37.3 Å². The number of likely N-dealkylation sites (tertiary alicyclic amines) is 1. The van der Waals surface area contributed by atoms with Crippen LogP contribution in [0.3, 0.4) is 0 Å². The van der Waals surface area contributed by atoms with Crippen LogP contribution in [-0.4, -0.2) is 36.5 Å². The normalized spacial score (nSPS) is 30.6. The third-order valence-corrected chi connectivity index (χ3v) is 7.61. The molecule has 0 aromatic heterocycles. The summed E-state index contributed by atoms with van der Waals surface area (Å²) in [6.07, 6.45) is 5.81. The van der Waals surface area contributed by atoms with Crippen molar-refractivity contribution in [1.82, 2.24) is 10.2 Å². The fraction of sp³-hybridized carbons (Fsp3) is 0.500. The lowest BCUT2D eigenvalue weighted by atomic mass is 9.81. The number of halogens is 1. The molecule has 3 fully saturated rings. The van der Waals surface area contributed by atoms with Crippen LogP contribution in [0.25, 0.3) is 0 Å². The average Bonchev–Trinajstić information content (AvgIpc) is 3.28. The van der Waals surface area contributed by atoms with Gasteiger partial charge < -0.3 is 5.32 Å². The monoisotopic (exact) mass is 406 g/mol. The summed E-state index contributed by atoms with van der Waals surface area (Å²) in [5.41, 5.74) is 2.43. The van der Waals surface area contributed by atoms with Gasteiger partial charge >= 0.3 is 0 Å². The molecule has 3 nitrogen and oxygen atoms in total. The predicted molar refractivity (Wildman–Crippen MR) is 117 cm³/mol. The minimum atomic E-state index is -0.214. The van der Waals surface area contributed by atoms with E-state index in [1.807, 2.05) is 6.07 Å². The van der Waals surface area contributed by atoms with Gasteiger partial charge in [0, 0.05) is 31.6 Å². The summed E-state index contributed by atoms with van der Waals surface area (Å²) >= 11 is 0. The van der Waals surface area contributed by atoms with Crippen molar-refractivity contribution in [2.24, 2.45) is 17.8 Å². The first kappa shape index (κ1) is 19.7. The van der Waals surface area contributed by atoms with Crippen LogP contribution in [0, 0.1) is 23.6 Å². The second kappa shape index (κ2) is 8.50. The molecule has 5 rings (SSSR count). The van der Waals surface area contributed by atoms with Gasteiger partial charge in [0.05, 0.1) is 0 Å². The topological polar surface area (TPSA) is 32.3 Å². The molecule has 2 saturated carbocycles. The predicted octanol–water partition coefficient (Wildman–Crippen LogP) is 4.39. The molecule has 2 aliphatic carbocycles. The number of nitrogens with one attached hydrogen (secondary N) is 1. The molecular formula is C26H31FN2O. The van der Waals surface area contributed by atoms with Crippen molar-refractivity contribution in [3.8, 4) is 0 Å². The highest BCUT2D eigenvalue weighted by molar-refractivity contribution is 5.82. The SMILES string of the molecule is O=C(NCCc1cccc(F)c1)C1[C@H]2CN(C3CCC(c4ccccc4)CC3)C[C@@H]12. The lowest BCUT2D eigenvalue weighted by Gasteiger charge is -2.36. The summed E-state index contributed by atoms with van der Waals surface area (Å²) in [6.45, 7) is 2.77. The Morgan fingerprint density at radius 3 is 2.40 bits per heavy atom.